The zero-order chi connectivity index (χ0) is 16.2. The minimum Gasteiger partial charge on any atom is -0.352 e. The maximum absolute atomic E-state index is 12.0. The van der Waals surface area contributed by atoms with E-state index in [1.54, 1.807) is 6.08 Å². The van der Waals surface area contributed by atoms with Gasteiger partial charge in [0.1, 0.15) is 11.6 Å². The van der Waals surface area contributed by atoms with E-state index >= 15 is 0 Å². The average Bonchev–Trinajstić information content (AvgIpc) is 3.12. The molecular formula is C17H19ClN4O. The van der Waals surface area contributed by atoms with Crippen LogP contribution in [-0.4, -0.2) is 27.2 Å². The van der Waals surface area contributed by atoms with Crippen molar-refractivity contribution in [2.75, 3.05) is 6.54 Å². The molecule has 3 rings (SSSR count). The van der Waals surface area contributed by atoms with Crippen molar-refractivity contribution >= 4 is 23.1 Å². The van der Waals surface area contributed by atoms with Gasteiger partial charge in [-0.25, -0.2) is 0 Å². The van der Waals surface area contributed by atoms with Crippen LogP contribution in [0.2, 0.25) is 5.02 Å². The fourth-order valence-electron chi connectivity index (χ4n) is 2.80. The number of hydrogen-bond donors (Lipinski definition) is 1. The molecule has 1 N–H and O–H groups in total. The molecule has 0 saturated heterocycles. The molecular weight excluding hydrogens is 312 g/mol. The van der Waals surface area contributed by atoms with Crippen LogP contribution < -0.4 is 5.32 Å². The number of hydrogen-bond acceptors (Lipinski definition) is 3. The zero-order valence-corrected chi connectivity index (χ0v) is 13.8. The summed E-state index contributed by atoms with van der Waals surface area (Å²) in [6.45, 7) is 3.41. The molecule has 120 valence electrons. The Morgan fingerprint density at radius 2 is 2.22 bits per heavy atom. The Morgan fingerprint density at radius 1 is 1.39 bits per heavy atom. The lowest BCUT2D eigenvalue weighted by Gasteiger charge is -2.06. The van der Waals surface area contributed by atoms with Gasteiger partial charge in [-0.05, 0) is 30.5 Å². The van der Waals surface area contributed by atoms with Gasteiger partial charge in [-0.2, -0.15) is 0 Å². The predicted octanol–water partition coefficient (Wildman–Crippen LogP) is 2.64. The lowest BCUT2D eigenvalue weighted by Crippen LogP contribution is -2.24. The number of carbonyl (C=O) groups excluding carboxylic acids is 1. The molecule has 23 heavy (non-hydrogen) atoms. The molecule has 1 aromatic carbocycles. The van der Waals surface area contributed by atoms with Crippen LogP contribution >= 0.6 is 11.6 Å². The monoisotopic (exact) mass is 330 g/mol. The van der Waals surface area contributed by atoms with E-state index in [1.807, 2.05) is 31.2 Å². The topological polar surface area (TPSA) is 59.8 Å². The number of aryl methyl sites for hydroxylation is 1. The predicted molar refractivity (Wildman–Crippen MR) is 90.2 cm³/mol. The van der Waals surface area contributed by atoms with Crippen LogP contribution in [0.5, 0.6) is 0 Å². The first-order chi connectivity index (χ1) is 11.1. The molecule has 0 fully saturated rings. The molecule has 0 saturated carbocycles. The van der Waals surface area contributed by atoms with Gasteiger partial charge in [0.15, 0.2) is 0 Å². The number of halogens is 1. The molecule has 1 aliphatic heterocycles. The van der Waals surface area contributed by atoms with Gasteiger partial charge >= 0.3 is 0 Å². The fourth-order valence-corrected chi connectivity index (χ4v) is 3.08. The van der Waals surface area contributed by atoms with Crippen LogP contribution in [0.15, 0.2) is 30.3 Å². The van der Waals surface area contributed by atoms with E-state index in [9.17, 15) is 4.79 Å². The molecule has 5 nitrogen and oxygen atoms in total. The summed E-state index contributed by atoms with van der Waals surface area (Å²) in [5, 5.41) is 11.9. The Hall–Kier alpha value is -2.14. The Morgan fingerprint density at radius 3 is 3.04 bits per heavy atom. The fraction of sp³-hybridized carbons (Fsp3) is 0.353. The van der Waals surface area contributed by atoms with Gasteiger partial charge in [-0.1, -0.05) is 29.8 Å². The maximum atomic E-state index is 12.0. The van der Waals surface area contributed by atoms with Gasteiger partial charge in [-0.15, -0.1) is 10.2 Å². The lowest BCUT2D eigenvalue weighted by atomic mass is 10.1. The number of allylic oxidation sites excluding steroid dienone is 1. The van der Waals surface area contributed by atoms with E-state index in [4.69, 9.17) is 11.6 Å². The second kappa shape index (κ2) is 6.96. The molecule has 1 aromatic heterocycles. The first-order valence-electron chi connectivity index (χ1n) is 7.77. The minimum atomic E-state index is -0.122. The smallest absolute Gasteiger partial charge is 0.244 e. The number of nitrogens with zero attached hydrogens (tertiary/aromatic N) is 3. The Bertz CT molecular complexity index is 751. The maximum Gasteiger partial charge on any atom is 0.244 e. The van der Waals surface area contributed by atoms with E-state index in [0.717, 1.165) is 42.2 Å². The van der Waals surface area contributed by atoms with E-state index < -0.39 is 0 Å². The summed E-state index contributed by atoms with van der Waals surface area (Å²) >= 11 is 6.14. The highest BCUT2D eigenvalue weighted by Crippen LogP contribution is 2.22. The van der Waals surface area contributed by atoms with Gasteiger partial charge in [0.25, 0.3) is 0 Å². The second-order valence-corrected chi connectivity index (χ2v) is 6.04. The molecule has 0 radical (unpaired) electrons. The van der Waals surface area contributed by atoms with E-state index in [-0.39, 0.29) is 5.91 Å². The SMILES string of the molecule is CC(=CC(=O)NCCc1nnc2n1CCC2)c1ccccc1Cl. The molecule has 2 aromatic rings. The van der Waals surface area contributed by atoms with E-state index in [1.165, 1.54) is 0 Å². The van der Waals surface area contributed by atoms with Crippen molar-refractivity contribution in [3.8, 4) is 0 Å². The lowest BCUT2D eigenvalue weighted by molar-refractivity contribution is -0.116. The summed E-state index contributed by atoms with van der Waals surface area (Å²) in [7, 11) is 0. The molecule has 6 heteroatoms. The Balaban J connectivity index is 1.55. The summed E-state index contributed by atoms with van der Waals surface area (Å²) in [5.74, 6) is 1.88. The molecule has 0 atom stereocenters. The largest absolute Gasteiger partial charge is 0.352 e. The first-order valence-corrected chi connectivity index (χ1v) is 8.15. The summed E-state index contributed by atoms with van der Waals surface area (Å²) in [4.78, 5) is 12.0. The molecule has 0 aliphatic carbocycles. The zero-order valence-electron chi connectivity index (χ0n) is 13.1. The second-order valence-electron chi connectivity index (χ2n) is 5.64. The van der Waals surface area contributed by atoms with Crippen LogP contribution in [0.3, 0.4) is 0 Å². The van der Waals surface area contributed by atoms with Crippen LogP contribution in [0.25, 0.3) is 5.57 Å². The standard InChI is InChI=1S/C17H19ClN4O/c1-12(13-5-2-3-6-14(13)18)11-17(23)19-9-8-16-21-20-15-7-4-10-22(15)16/h2-3,5-6,11H,4,7-10H2,1H3,(H,19,23). The van der Waals surface area contributed by atoms with Gasteiger partial charge < -0.3 is 9.88 Å². The van der Waals surface area contributed by atoms with Crippen molar-refractivity contribution < 1.29 is 4.79 Å². The summed E-state index contributed by atoms with van der Waals surface area (Å²) in [6.07, 6.45) is 4.40. The van der Waals surface area contributed by atoms with Gasteiger partial charge in [0, 0.05) is 37.0 Å². The highest BCUT2D eigenvalue weighted by atomic mass is 35.5. The van der Waals surface area contributed by atoms with E-state index in [0.29, 0.717) is 18.0 Å². The first kappa shape index (κ1) is 15.7. The average molecular weight is 331 g/mol. The highest BCUT2D eigenvalue weighted by Gasteiger charge is 2.16. The highest BCUT2D eigenvalue weighted by molar-refractivity contribution is 6.32. The molecule has 0 bridgehead atoms. The Kier molecular flexibility index (Phi) is 4.76. The molecule has 0 spiro atoms. The number of benzene rings is 1. The van der Waals surface area contributed by atoms with E-state index in [2.05, 4.69) is 20.1 Å². The quantitative estimate of drug-likeness (QED) is 0.857. The minimum absolute atomic E-state index is 0.122. The third kappa shape index (κ3) is 3.62. The van der Waals surface area contributed by atoms with Gasteiger partial charge in [-0.3, -0.25) is 4.79 Å². The van der Waals surface area contributed by atoms with Crippen LogP contribution in [0.4, 0.5) is 0 Å². The summed E-state index contributed by atoms with van der Waals surface area (Å²) in [5.41, 5.74) is 1.72. The van der Waals surface area contributed by atoms with Gasteiger partial charge in [0.2, 0.25) is 5.91 Å². The normalized spacial score (nSPS) is 13.9. The van der Waals surface area contributed by atoms with Crippen molar-refractivity contribution in [2.45, 2.75) is 32.7 Å². The Labute approximate surface area is 140 Å². The van der Waals surface area contributed by atoms with Crippen molar-refractivity contribution in [3.63, 3.8) is 0 Å². The van der Waals surface area contributed by atoms with Crippen LogP contribution in [-0.2, 0) is 24.2 Å². The van der Waals surface area contributed by atoms with Crippen molar-refractivity contribution in [3.05, 3.63) is 52.6 Å². The summed E-state index contributed by atoms with van der Waals surface area (Å²) < 4.78 is 2.15. The molecule has 1 aliphatic rings. The number of rotatable bonds is 5. The molecule has 2 heterocycles. The number of fused-ring (bicyclic) bond motifs is 1. The number of aromatic nitrogens is 3. The third-order valence-electron chi connectivity index (χ3n) is 3.98. The number of carbonyl (C=O) groups is 1. The van der Waals surface area contributed by atoms with Crippen LogP contribution in [0.1, 0.15) is 30.6 Å². The van der Waals surface area contributed by atoms with Crippen molar-refractivity contribution in [2.24, 2.45) is 0 Å². The number of amides is 1. The molecule has 0 unspecified atom stereocenters. The molecule has 1 amide bonds. The van der Waals surface area contributed by atoms with Crippen LogP contribution in [0, 0.1) is 0 Å². The summed E-state index contributed by atoms with van der Waals surface area (Å²) in [6, 6.07) is 7.50. The van der Waals surface area contributed by atoms with Crippen molar-refractivity contribution in [1.29, 1.82) is 0 Å². The van der Waals surface area contributed by atoms with Crippen molar-refractivity contribution in [1.82, 2.24) is 20.1 Å². The third-order valence-corrected chi connectivity index (χ3v) is 4.31. The number of nitrogens with one attached hydrogen (secondary N) is 1. The van der Waals surface area contributed by atoms with Gasteiger partial charge in [0.05, 0.1) is 0 Å².